The molecule has 0 saturated heterocycles. The molecular formula is C13H22N4O3. The summed E-state index contributed by atoms with van der Waals surface area (Å²) in [5.41, 5.74) is -1.13. The predicted molar refractivity (Wildman–Crippen MR) is 77.0 cm³/mol. The van der Waals surface area contributed by atoms with Crippen molar-refractivity contribution in [3.05, 3.63) is 21.0 Å². The van der Waals surface area contributed by atoms with Crippen LogP contribution in [0.1, 0.15) is 46.5 Å². The number of amides is 1. The van der Waals surface area contributed by atoms with Gasteiger partial charge in [-0.3, -0.25) is 14.7 Å². The van der Waals surface area contributed by atoms with Gasteiger partial charge in [0.15, 0.2) is 0 Å². The van der Waals surface area contributed by atoms with Crippen LogP contribution in [0.4, 0.5) is 5.95 Å². The van der Waals surface area contributed by atoms with Gasteiger partial charge in [0.2, 0.25) is 11.9 Å². The fourth-order valence-electron chi connectivity index (χ4n) is 1.80. The highest BCUT2D eigenvalue weighted by atomic mass is 16.2. The van der Waals surface area contributed by atoms with Gasteiger partial charge in [-0.25, -0.2) is 14.2 Å². The van der Waals surface area contributed by atoms with Crippen molar-refractivity contribution in [1.82, 2.24) is 14.5 Å². The predicted octanol–water partition coefficient (Wildman–Crippen LogP) is 0.885. The van der Waals surface area contributed by atoms with Gasteiger partial charge in [-0.2, -0.15) is 4.98 Å². The largest absolute Gasteiger partial charge is 0.354 e. The van der Waals surface area contributed by atoms with Gasteiger partial charge in [-0.05, 0) is 12.8 Å². The summed E-state index contributed by atoms with van der Waals surface area (Å²) in [6.07, 6.45) is 3.30. The first-order valence-electron chi connectivity index (χ1n) is 7.00. The van der Waals surface area contributed by atoms with E-state index in [4.69, 9.17) is 0 Å². The zero-order valence-electron chi connectivity index (χ0n) is 12.3. The molecule has 0 atom stereocenters. The van der Waals surface area contributed by atoms with Crippen molar-refractivity contribution in [2.75, 3.05) is 11.4 Å². The molecule has 1 heterocycles. The zero-order valence-corrected chi connectivity index (χ0v) is 12.3. The number of carbonyl (C=O) groups excluding carboxylic acids is 1. The van der Waals surface area contributed by atoms with E-state index in [2.05, 4.69) is 9.97 Å². The smallest absolute Gasteiger partial charge is 0.282 e. The Morgan fingerprint density at radius 3 is 2.40 bits per heavy atom. The van der Waals surface area contributed by atoms with Crippen LogP contribution in [-0.4, -0.2) is 27.0 Å². The number of H-pyrrole nitrogens is 1. The summed E-state index contributed by atoms with van der Waals surface area (Å²) in [5, 5.41) is 0. The fourth-order valence-corrected chi connectivity index (χ4v) is 1.80. The van der Waals surface area contributed by atoms with Crippen LogP contribution in [0.5, 0.6) is 0 Å². The van der Waals surface area contributed by atoms with Crippen LogP contribution in [0.25, 0.3) is 0 Å². The topological polar surface area (TPSA) is 88.1 Å². The minimum Gasteiger partial charge on any atom is -0.282 e. The maximum atomic E-state index is 11.9. The van der Waals surface area contributed by atoms with Crippen molar-refractivity contribution in [3.63, 3.8) is 0 Å². The monoisotopic (exact) mass is 282 g/mol. The minimum atomic E-state index is -0.611. The Labute approximate surface area is 117 Å². The van der Waals surface area contributed by atoms with Gasteiger partial charge in [0.05, 0.1) is 0 Å². The van der Waals surface area contributed by atoms with Crippen molar-refractivity contribution in [1.29, 1.82) is 0 Å². The van der Waals surface area contributed by atoms with Gasteiger partial charge in [0.25, 0.3) is 0 Å². The SMILES string of the molecule is CCCCN(C(C)=O)c1nc(=O)n(CCCC)c(=O)[nH]1. The Hall–Kier alpha value is -1.92. The third kappa shape index (κ3) is 4.04. The normalized spacial score (nSPS) is 10.6. The number of rotatable bonds is 7. The first kappa shape index (κ1) is 16.1. The molecule has 20 heavy (non-hydrogen) atoms. The summed E-state index contributed by atoms with van der Waals surface area (Å²) >= 11 is 0. The summed E-state index contributed by atoms with van der Waals surface area (Å²) < 4.78 is 1.06. The first-order valence-corrected chi connectivity index (χ1v) is 7.00. The minimum absolute atomic E-state index is 0.0358. The average Bonchev–Trinajstić information content (AvgIpc) is 2.38. The third-order valence-corrected chi connectivity index (χ3v) is 3.00. The number of unbranched alkanes of at least 4 members (excludes halogenated alkanes) is 2. The molecule has 0 saturated carbocycles. The molecular weight excluding hydrogens is 260 g/mol. The highest BCUT2D eigenvalue weighted by Crippen LogP contribution is 2.05. The van der Waals surface area contributed by atoms with Gasteiger partial charge in [0, 0.05) is 20.0 Å². The molecule has 7 heteroatoms. The molecule has 1 rings (SSSR count). The number of nitrogens with one attached hydrogen (secondary N) is 1. The van der Waals surface area contributed by atoms with Crippen LogP contribution in [-0.2, 0) is 11.3 Å². The number of aromatic nitrogens is 3. The summed E-state index contributed by atoms with van der Waals surface area (Å²) in [4.78, 5) is 43.0. The van der Waals surface area contributed by atoms with Crippen molar-refractivity contribution < 1.29 is 4.79 Å². The molecule has 0 bridgehead atoms. The van der Waals surface area contributed by atoms with Gasteiger partial charge in [-0.1, -0.05) is 26.7 Å². The van der Waals surface area contributed by atoms with E-state index in [1.165, 1.54) is 11.8 Å². The maximum absolute atomic E-state index is 11.9. The van der Waals surface area contributed by atoms with Gasteiger partial charge in [-0.15, -0.1) is 0 Å². The summed E-state index contributed by atoms with van der Waals surface area (Å²) in [5.74, 6) is -0.207. The van der Waals surface area contributed by atoms with Crippen molar-refractivity contribution in [2.24, 2.45) is 0 Å². The molecule has 0 aliphatic rings. The number of aromatic amines is 1. The molecule has 0 fully saturated rings. The number of hydrogen-bond acceptors (Lipinski definition) is 4. The second kappa shape index (κ2) is 7.62. The lowest BCUT2D eigenvalue weighted by molar-refractivity contribution is -0.116. The molecule has 1 aromatic heterocycles. The second-order valence-electron chi connectivity index (χ2n) is 4.68. The summed E-state index contributed by atoms with van der Waals surface area (Å²) in [7, 11) is 0. The van der Waals surface area contributed by atoms with E-state index < -0.39 is 11.4 Å². The molecule has 0 aliphatic carbocycles. The molecule has 0 unspecified atom stereocenters. The first-order chi connectivity index (χ1) is 9.51. The lowest BCUT2D eigenvalue weighted by Gasteiger charge is -2.19. The van der Waals surface area contributed by atoms with Crippen molar-refractivity contribution >= 4 is 11.9 Å². The number of nitrogens with zero attached hydrogens (tertiary/aromatic N) is 3. The highest BCUT2D eigenvalue weighted by Gasteiger charge is 2.15. The van der Waals surface area contributed by atoms with Crippen LogP contribution in [0, 0.1) is 0 Å². The van der Waals surface area contributed by atoms with Crippen LogP contribution < -0.4 is 16.3 Å². The Morgan fingerprint density at radius 1 is 1.25 bits per heavy atom. The Kier molecular flexibility index (Phi) is 6.14. The van der Waals surface area contributed by atoms with Gasteiger partial charge in [0.1, 0.15) is 0 Å². The van der Waals surface area contributed by atoms with Crippen LogP contribution >= 0.6 is 0 Å². The van der Waals surface area contributed by atoms with Gasteiger partial charge < -0.3 is 0 Å². The van der Waals surface area contributed by atoms with E-state index in [0.29, 0.717) is 13.1 Å². The van der Waals surface area contributed by atoms with Crippen LogP contribution in [0.15, 0.2) is 9.59 Å². The van der Waals surface area contributed by atoms with E-state index >= 15 is 0 Å². The second-order valence-corrected chi connectivity index (χ2v) is 4.68. The van der Waals surface area contributed by atoms with Crippen molar-refractivity contribution in [3.8, 4) is 0 Å². The number of hydrogen-bond donors (Lipinski definition) is 1. The standard InChI is InChI=1S/C13H22N4O3/c1-4-6-8-16(10(3)18)11-14-12(19)17(9-7-5-2)13(20)15-11/h4-9H2,1-3H3,(H,14,15,19,20). The zero-order chi connectivity index (χ0) is 15.1. The molecule has 0 aromatic carbocycles. The van der Waals surface area contributed by atoms with Crippen molar-refractivity contribution in [2.45, 2.75) is 53.0 Å². The molecule has 1 aromatic rings. The van der Waals surface area contributed by atoms with E-state index in [-0.39, 0.29) is 11.9 Å². The lowest BCUT2D eigenvalue weighted by Crippen LogP contribution is -2.41. The number of anilines is 1. The molecule has 0 spiro atoms. The summed E-state index contributed by atoms with van der Waals surface area (Å²) in [6, 6.07) is 0. The Morgan fingerprint density at radius 2 is 1.90 bits per heavy atom. The molecule has 0 radical (unpaired) electrons. The fraction of sp³-hybridized carbons (Fsp3) is 0.692. The van der Waals surface area contributed by atoms with Crippen LogP contribution in [0.2, 0.25) is 0 Å². The molecule has 1 N–H and O–H groups in total. The van der Waals surface area contributed by atoms with Crippen LogP contribution in [0.3, 0.4) is 0 Å². The van der Waals surface area contributed by atoms with E-state index in [1.54, 1.807) is 0 Å². The number of carbonyl (C=O) groups is 1. The average molecular weight is 282 g/mol. The quantitative estimate of drug-likeness (QED) is 0.804. The molecule has 112 valence electrons. The molecule has 1 amide bonds. The molecule has 0 aliphatic heterocycles. The maximum Gasteiger partial charge on any atom is 0.354 e. The van der Waals surface area contributed by atoms with E-state index in [9.17, 15) is 14.4 Å². The summed E-state index contributed by atoms with van der Waals surface area (Å²) in [6.45, 7) is 6.14. The van der Waals surface area contributed by atoms with E-state index in [1.807, 2.05) is 13.8 Å². The molecule has 7 nitrogen and oxygen atoms in total. The Bertz CT molecular complexity index is 530. The Balaban J connectivity index is 3.10. The highest BCUT2D eigenvalue weighted by molar-refractivity contribution is 5.89. The third-order valence-electron chi connectivity index (χ3n) is 3.00. The lowest BCUT2D eigenvalue weighted by atomic mass is 10.3. The van der Waals surface area contributed by atoms with E-state index in [0.717, 1.165) is 30.3 Å². The van der Waals surface area contributed by atoms with Gasteiger partial charge >= 0.3 is 11.4 Å².